The lowest BCUT2D eigenvalue weighted by molar-refractivity contribution is -0.114. The van der Waals surface area contributed by atoms with Crippen LogP contribution in [0.1, 0.15) is 19.4 Å². The Kier molecular flexibility index (Phi) is 4.17. The number of fused-ring (bicyclic) bond motifs is 1. The van der Waals surface area contributed by atoms with Crippen molar-refractivity contribution in [3.8, 4) is 0 Å². The lowest BCUT2D eigenvalue weighted by atomic mass is 10.1. The Labute approximate surface area is 144 Å². The van der Waals surface area contributed by atoms with Crippen LogP contribution in [0.15, 0.2) is 53.3 Å². The van der Waals surface area contributed by atoms with Crippen LogP contribution in [0, 0.1) is 0 Å². The molecule has 1 amide bonds. The first-order valence-corrected chi connectivity index (χ1v) is 8.93. The molecule has 0 saturated heterocycles. The van der Waals surface area contributed by atoms with Gasteiger partial charge in [-0.2, -0.15) is 0 Å². The summed E-state index contributed by atoms with van der Waals surface area (Å²) in [5.41, 5.74) is -0.278. The summed E-state index contributed by atoms with van der Waals surface area (Å²) in [6.07, 6.45) is 2.87. The molecule has 1 aliphatic rings. The van der Waals surface area contributed by atoms with E-state index in [9.17, 15) is 18.3 Å². The van der Waals surface area contributed by atoms with Crippen LogP contribution in [-0.2, 0) is 14.8 Å². The van der Waals surface area contributed by atoms with Crippen molar-refractivity contribution in [2.75, 3.05) is 5.32 Å². The fourth-order valence-corrected chi connectivity index (χ4v) is 4.48. The number of hydrogen-bond donors (Lipinski definition) is 2. The number of carbonyl (C=O) groups is 1. The molecule has 1 aromatic heterocycles. The average molecular weight is 360 g/mol. The minimum absolute atomic E-state index is 0.00719. The normalized spacial score (nSPS) is 15.9. The standard InChI is InChI=1S/C16H16N4O4S/c1-10(2)20-13(15(22)19-16-17-8-5-9-18-16)14(21)11-6-3-4-7-12(11)25(20,23)24/h3-10,21H,1-2H3,(H,17,18,19,22). The third kappa shape index (κ3) is 2.82. The maximum Gasteiger partial charge on any atom is 0.279 e. The number of aliphatic hydroxyl groups is 1. The molecule has 0 spiro atoms. The molecule has 1 aliphatic heterocycles. The van der Waals surface area contributed by atoms with Crippen LogP contribution in [0.2, 0.25) is 0 Å². The second kappa shape index (κ2) is 6.17. The van der Waals surface area contributed by atoms with Crippen molar-refractivity contribution >= 4 is 27.6 Å². The van der Waals surface area contributed by atoms with Crippen molar-refractivity contribution < 1.29 is 18.3 Å². The van der Waals surface area contributed by atoms with Gasteiger partial charge in [0.05, 0.1) is 4.90 Å². The van der Waals surface area contributed by atoms with E-state index in [4.69, 9.17) is 0 Å². The molecular weight excluding hydrogens is 344 g/mol. The Morgan fingerprint density at radius 3 is 2.44 bits per heavy atom. The van der Waals surface area contributed by atoms with E-state index in [1.165, 1.54) is 24.5 Å². The summed E-state index contributed by atoms with van der Waals surface area (Å²) in [6.45, 7) is 3.23. The van der Waals surface area contributed by atoms with Crippen molar-refractivity contribution in [2.24, 2.45) is 0 Å². The van der Waals surface area contributed by atoms with E-state index in [1.807, 2.05) is 0 Å². The summed E-state index contributed by atoms with van der Waals surface area (Å²) in [6, 6.07) is 6.99. The molecule has 2 aromatic rings. The maximum absolute atomic E-state index is 12.9. The summed E-state index contributed by atoms with van der Waals surface area (Å²) in [4.78, 5) is 20.4. The Balaban J connectivity index is 2.16. The molecule has 1 aromatic carbocycles. The molecule has 130 valence electrons. The van der Waals surface area contributed by atoms with E-state index >= 15 is 0 Å². The van der Waals surface area contributed by atoms with Crippen LogP contribution >= 0.6 is 0 Å². The van der Waals surface area contributed by atoms with E-state index < -0.39 is 27.7 Å². The highest BCUT2D eigenvalue weighted by Crippen LogP contribution is 2.37. The van der Waals surface area contributed by atoms with Crippen molar-refractivity contribution in [2.45, 2.75) is 24.8 Å². The van der Waals surface area contributed by atoms with Gasteiger partial charge >= 0.3 is 0 Å². The highest BCUT2D eigenvalue weighted by atomic mass is 32.2. The zero-order chi connectivity index (χ0) is 18.2. The molecule has 9 heteroatoms. The van der Waals surface area contributed by atoms with E-state index in [1.54, 1.807) is 32.0 Å². The number of amides is 1. The van der Waals surface area contributed by atoms with Gasteiger partial charge in [-0.3, -0.25) is 14.4 Å². The molecule has 2 N–H and O–H groups in total. The Morgan fingerprint density at radius 2 is 1.80 bits per heavy atom. The van der Waals surface area contributed by atoms with Gasteiger partial charge in [-0.25, -0.2) is 18.4 Å². The van der Waals surface area contributed by atoms with Crippen LogP contribution in [0.25, 0.3) is 5.76 Å². The predicted molar refractivity (Wildman–Crippen MR) is 90.8 cm³/mol. The summed E-state index contributed by atoms with van der Waals surface area (Å²) in [7, 11) is -3.99. The molecular formula is C16H16N4O4S. The van der Waals surface area contributed by atoms with Crippen LogP contribution in [0.3, 0.4) is 0 Å². The highest BCUT2D eigenvalue weighted by Gasteiger charge is 2.41. The third-order valence-corrected chi connectivity index (χ3v) is 5.63. The number of hydrogen-bond acceptors (Lipinski definition) is 6. The van der Waals surface area contributed by atoms with E-state index in [2.05, 4.69) is 15.3 Å². The van der Waals surface area contributed by atoms with Gasteiger partial charge in [0.15, 0.2) is 11.5 Å². The summed E-state index contributed by atoms with van der Waals surface area (Å²) >= 11 is 0. The van der Waals surface area contributed by atoms with Gasteiger partial charge in [0.25, 0.3) is 15.9 Å². The van der Waals surface area contributed by atoms with Gasteiger partial charge < -0.3 is 5.11 Å². The summed E-state index contributed by atoms with van der Waals surface area (Å²) < 4.78 is 26.8. The first kappa shape index (κ1) is 16.9. The zero-order valence-electron chi connectivity index (χ0n) is 13.5. The molecule has 0 bridgehead atoms. The molecule has 0 aliphatic carbocycles. The highest BCUT2D eigenvalue weighted by molar-refractivity contribution is 7.89. The van der Waals surface area contributed by atoms with Gasteiger partial charge in [-0.1, -0.05) is 12.1 Å². The van der Waals surface area contributed by atoms with E-state index in [0.717, 1.165) is 4.31 Å². The minimum atomic E-state index is -3.99. The van der Waals surface area contributed by atoms with Crippen molar-refractivity contribution in [1.29, 1.82) is 0 Å². The Bertz CT molecular complexity index is 955. The van der Waals surface area contributed by atoms with Crippen molar-refractivity contribution in [3.05, 3.63) is 54.0 Å². The number of nitrogens with one attached hydrogen (secondary N) is 1. The maximum atomic E-state index is 12.9. The van der Waals surface area contributed by atoms with Crippen LogP contribution < -0.4 is 5.32 Å². The Hall–Kier alpha value is -2.94. The van der Waals surface area contributed by atoms with Crippen LogP contribution in [0.5, 0.6) is 0 Å². The fraction of sp³-hybridized carbons (Fsp3) is 0.188. The predicted octanol–water partition coefficient (Wildman–Crippen LogP) is 1.75. The molecule has 0 fully saturated rings. The lowest BCUT2D eigenvalue weighted by Crippen LogP contribution is -2.43. The molecule has 0 radical (unpaired) electrons. The van der Waals surface area contributed by atoms with Gasteiger partial charge in [0.2, 0.25) is 5.95 Å². The van der Waals surface area contributed by atoms with Crippen molar-refractivity contribution in [3.63, 3.8) is 0 Å². The second-order valence-electron chi connectivity index (χ2n) is 5.61. The summed E-state index contributed by atoms with van der Waals surface area (Å²) in [5, 5.41) is 13.0. The monoisotopic (exact) mass is 360 g/mol. The fourth-order valence-electron chi connectivity index (χ4n) is 2.61. The largest absolute Gasteiger partial charge is 0.505 e. The summed E-state index contributed by atoms with van der Waals surface area (Å²) in [5.74, 6) is -1.21. The van der Waals surface area contributed by atoms with Gasteiger partial charge in [-0.15, -0.1) is 0 Å². The lowest BCUT2D eigenvalue weighted by Gasteiger charge is -2.34. The van der Waals surface area contributed by atoms with Gasteiger partial charge in [0.1, 0.15) is 0 Å². The second-order valence-corrected chi connectivity index (χ2v) is 7.40. The van der Waals surface area contributed by atoms with Crippen LogP contribution in [0.4, 0.5) is 5.95 Å². The third-order valence-electron chi connectivity index (χ3n) is 3.60. The number of anilines is 1. The SMILES string of the molecule is CC(C)N1C(C(=O)Nc2ncccn2)=C(O)c2ccccc2S1(=O)=O. The number of rotatable bonds is 3. The molecule has 3 rings (SSSR count). The van der Waals surface area contributed by atoms with Crippen molar-refractivity contribution in [1.82, 2.24) is 14.3 Å². The molecule has 0 saturated carbocycles. The van der Waals surface area contributed by atoms with E-state index in [0.29, 0.717) is 0 Å². The Morgan fingerprint density at radius 1 is 1.16 bits per heavy atom. The average Bonchev–Trinajstić information content (AvgIpc) is 2.58. The first-order valence-electron chi connectivity index (χ1n) is 7.49. The van der Waals surface area contributed by atoms with Gasteiger partial charge in [-0.05, 0) is 32.0 Å². The number of nitrogens with zero attached hydrogens (tertiary/aromatic N) is 3. The topological polar surface area (TPSA) is 112 Å². The molecule has 0 unspecified atom stereocenters. The first-order chi connectivity index (χ1) is 11.8. The van der Waals surface area contributed by atoms with Gasteiger partial charge in [0, 0.05) is 24.0 Å². The smallest absolute Gasteiger partial charge is 0.279 e. The van der Waals surface area contributed by atoms with Crippen LogP contribution in [-0.4, -0.2) is 39.7 Å². The molecule has 0 atom stereocenters. The quantitative estimate of drug-likeness (QED) is 0.862. The zero-order valence-corrected chi connectivity index (χ0v) is 14.4. The number of sulfonamides is 1. The number of carbonyl (C=O) groups excluding carboxylic acids is 1. The number of aromatic nitrogens is 2. The molecule has 25 heavy (non-hydrogen) atoms. The number of benzene rings is 1. The minimum Gasteiger partial charge on any atom is -0.505 e. The number of aliphatic hydroxyl groups excluding tert-OH is 1. The molecule has 2 heterocycles. The van der Waals surface area contributed by atoms with E-state index in [-0.39, 0.29) is 22.1 Å². The molecule has 8 nitrogen and oxygen atoms in total.